The van der Waals surface area contributed by atoms with Crippen LogP contribution in [0.5, 0.6) is 0 Å². The first kappa shape index (κ1) is 36.6. The summed E-state index contributed by atoms with van der Waals surface area (Å²) in [6.07, 6.45) is 33.3. The third kappa shape index (κ3) is 25.6. The Bertz CT molecular complexity index is 467. The van der Waals surface area contributed by atoms with Crippen LogP contribution in [0.1, 0.15) is 169 Å². The van der Waals surface area contributed by atoms with E-state index < -0.39 is 6.10 Å². The van der Waals surface area contributed by atoms with Crippen molar-refractivity contribution in [2.45, 2.75) is 181 Å². The highest BCUT2D eigenvalue weighted by atomic mass is 16.3. The van der Waals surface area contributed by atoms with Crippen molar-refractivity contribution in [1.82, 2.24) is 5.32 Å². The van der Waals surface area contributed by atoms with Crippen LogP contribution < -0.4 is 5.32 Å². The molecule has 222 valence electrons. The van der Waals surface area contributed by atoms with Gasteiger partial charge in [-0.1, -0.05) is 168 Å². The topological polar surface area (TPSA) is 52.5 Å². The molecule has 0 rings (SSSR count). The van der Waals surface area contributed by atoms with Gasteiger partial charge >= 0.3 is 0 Å². The maximum Gasteiger partial charge on any atom is 0.0896 e. The third-order valence-corrected chi connectivity index (χ3v) is 8.04. The normalized spacial score (nSPS) is 15.3. The van der Waals surface area contributed by atoms with Crippen LogP contribution in [0.15, 0.2) is 12.2 Å². The molecule has 4 atom stereocenters. The van der Waals surface area contributed by atoms with Gasteiger partial charge in [0, 0.05) is 0 Å². The molecule has 0 heterocycles. The van der Waals surface area contributed by atoms with Crippen molar-refractivity contribution in [3.63, 3.8) is 0 Å². The highest BCUT2D eigenvalue weighted by molar-refractivity contribution is 4.97. The number of hydrogen-bond donors (Lipinski definition) is 3. The quantitative estimate of drug-likeness (QED) is 0.0675. The Kier molecular flexibility index (Phi) is 28.3. The fourth-order valence-corrected chi connectivity index (χ4v) is 5.22. The van der Waals surface area contributed by atoms with Crippen LogP contribution >= 0.6 is 0 Å². The van der Waals surface area contributed by atoms with E-state index in [-0.39, 0.29) is 12.6 Å². The van der Waals surface area contributed by atoms with Crippen LogP contribution in [-0.2, 0) is 0 Å². The molecule has 0 fully saturated rings. The number of aliphatic hydroxyl groups excluding tert-OH is 2. The monoisotopic (exact) mass is 524 g/mol. The lowest BCUT2D eigenvalue weighted by Crippen LogP contribution is -2.43. The van der Waals surface area contributed by atoms with Crippen molar-refractivity contribution in [1.29, 1.82) is 0 Å². The van der Waals surface area contributed by atoms with E-state index in [2.05, 4.69) is 39.1 Å². The summed E-state index contributed by atoms with van der Waals surface area (Å²) >= 11 is 0. The van der Waals surface area contributed by atoms with Gasteiger partial charge in [-0.05, 0) is 31.2 Å². The predicted molar refractivity (Wildman–Crippen MR) is 165 cm³/mol. The molecule has 0 saturated carbocycles. The summed E-state index contributed by atoms with van der Waals surface area (Å²) in [4.78, 5) is 0. The van der Waals surface area contributed by atoms with Crippen LogP contribution in [0.2, 0.25) is 0 Å². The highest BCUT2D eigenvalue weighted by Gasteiger charge is 2.16. The van der Waals surface area contributed by atoms with Gasteiger partial charge in [0.1, 0.15) is 0 Å². The first-order chi connectivity index (χ1) is 18.0. The maximum absolute atomic E-state index is 10.6. The second-order valence-electron chi connectivity index (χ2n) is 12.1. The fraction of sp³-hybridized carbons (Fsp3) is 0.941. The molecular formula is C34H69NO2. The maximum atomic E-state index is 10.6. The molecule has 0 aromatic carbocycles. The Morgan fingerprint density at radius 1 is 0.568 bits per heavy atom. The molecule has 3 heteroatoms. The van der Waals surface area contributed by atoms with Crippen molar-refractivity contribution in [2.24, 2.45) is 11.8 Å². The molecular weight excluding hydrogens is 454 g/mol. The third-order valence-electron chi connectivity index (χ3n) is 8.04. The lowest BCUT2D eigenvalue weighted by Gasteiger charge is -2.22. The van der Waals surface area contributed by atoms with E-state index >= 15 is 0 Å². The zero-order valence-electron chi connectivity index (χ0n) is 25.8. The van der Waals surface area contributed by atoms with Gasteiger partial charge in [0.2, 0.25) is 0 Å². The van der Waals surface area contributed by atoms with Crippen molar-refractivity contribution in [2.75, 3.05) is 13.2 Å². The molecule has 3 N–H and O–H groups in total. The SMILES string of the molecule is CCCCCCCCCCCCCC(C)CN[C@@H](CO)[C@@H](O)/C=C/C(C)CCCCCCCCCCC. The number of unbranched alkanes of at least 4 members (excludes halogenated alkanes) is 18. The molecule has 0 aliphatic rings. The Balaban J connectivity index is 3.78. The Labute approximate surface area is 233 Å². The molecule has 3 nitrogen and oxygen atoms in total. The van der Waals surface area contributed by atoms with Gasteiger partial charge in [0.05, 0.1) is 18.8 Å². The first-order valence-electron chi connectivity index (χ1n) is 16.8. The largest absolute Gasteiger partial charge is 0.395 e. The van der Waals surface area contributed by atoms with Crippen LogP contribution in [0, 0.1) is 11.8 Å². The second kappa shape index (κ2) is 28.6. The number of rotatable bonds is 29. The molecule has 0 saturated heterocycles. The molecule has 0 radical (unpaired) electrons. The van der Waals surface area contributed by atoms with E-state index in [4.69, 9.17) is 0 Å². The molecule has 0 aromatic rings. The number of allylic oxidation sites excluding steroid dienone is 1. The zero-order valence-corrected chi connectivity index (χ0v) is 25.8. The van der Waals surface area contributed by atoms with Gasteiger partial charge in [-0.3, -0.25) is 0 Å². The fourth-order valence-electron chi connectivity index (χ4n) is 5.22. The molecule has 0 spiro atoms. The average Bonchev–Trinajstić information content (AvgIpc) is 2.89. The Morgan fingerprint density at radius 2 is 0.973 bits per heavy atom. The minimum absolute atomic E-state index is 0.0245. The summed E-state index contributed by atoms with van der Waals surface area (Å²) in [5, 5.41) is 23.8. The standard InChI is InChI=1S/C34H69NO2/c1-5-7-9-11-13-15-16-18-20-22-24-26-32(4)29-35-33(30-36)34(37)28-27-31(3)25-23-21-19-17-14-12-10-8-6-2/h27-28,31-37H,5-26,29-30H2,1-4H3/b28-27+/t31?,32?,33-,34-/m0/s1. The van der Waals surface area contributed by atoms with Crippen molar-refractivity contribution < 1.29 is 10.2 Å². The Hall–Kier alpha value is -0.380. The number of nitrogens with one attached hydrogen (secondary N) is 1. The van der Waals surface area contributed by atoms with Crippen LogP contribution in [0.4, 0.5) is 0 Å². The minimum Gasteiger partial charge on any atom is -0.395 e. The van der Waals surface area contributed by atoms with E-state index in [1.165, 1.54) is 141 Å². The number of hydrogen-bond acceptors (Lipinski definition) is 3. The van der Waals surface area contributed by atoms with Gasteiger partial charge in [0.15, 0.2) is 0 Å². The van der Waals surface area contributed by atoms with E-state index in [0.29, 0.717) is 11.8 Å². The lowest BCUT2D eigenvalue weighted by atomic mass is 9.99. The van der Waals surface area contributed by atoms with Crippen LogP contribution in [0.25, 0.3) is 0 Å². The van der Waals surface area contributed by atoms with Crippen molar-refractivity contribution >= 4 is 0 Å². The number of aliphatic hydroxyl groups is 2. The Morgan fingerprint density at radius 3 is 1.41 bits per heavy atom. The van der Waals surface area contributed by atoms with Crippen LogP contribution in [0.3, 0.4) is 0 Å². The highest BCUT2D eigenvalue weighted by Crippen LogP contribution is 2.16. The molecule has 37 heavy (non-hydrogen) atoms. The molecule has 0 aliphatic heterocycles. The minimum atomic E-state index is -0.621. The zero-order chi connectivity index (χ0) is 27.4. The average molecular weight is 524 g/mol. The molecule has 0 aromatic heterocycles. The van der Waals surface area contributed by atoms with E-state index in [0.717, 1.165) is 6.54 Å². The van der Waals surface area contributed by atoms with Crippen LogP contribution in [-0.4, -0.2) is 35.5 Å². The lowest BCUT2D eigenvalue weighted by molar-refractivity contribution is 0.120. The smallest absolute Gasteiger partial charge is 0.0896 e. The van der Waals surface area contributed by atoms with Gasteiger partial charge in [-0.2, -0.15) is 0 Å². The van der Waals surface area contributed by atoms with Crippen molar-refractivity contribution in [3.05, 3.63) is 12.2 Å². The summed E-state index contributed by atoms with van der Waals surface area (Å²) in [7, 11) is 0. The van der Waals surface area contributed by atoms with Gasteiger partial charge in [0.25, 0.3) is 0 Å². The molecule has 2 unspecified atom stereocenters. The molecule has 0 amide bonds. The second-order valence-corrected chi connectivity index (χ2v) is 12.1. The van der Waals surface area contributed by atoms with Crippen molar-refractivity contribution in [3.8, 4) is 0 Å². The summed E-state index contributed by atoms with van der Waals surface area (Å²) < 4.78 is 0. The van der Waals surface area contributed by atoms with E-state index in [1.807, 2.05) is 6.08 Å². The van der Waals surface area contributed by atoms with Gasteiger partial charge in [-0.25, -0.2) is 0 Å². The van der Waals surface area contributed by atoms with E-state index in [9.17, 15) is 10.2 Å². The first-order valence-corrected chi connectivity index (χ1v) is 16.8. The van der Waals surface area contributed by atoms with Gasteiger partial charge < -0.3 is 15.5 Å². The summed E-state index contributed by atoms with van der Waals surface area (Å²) in [5.74, 6) is 1.06. The summed E-state index contributed by atoms with van der Waals surface area (Å²) in [5.41, 5.74) is 0. The molecule has 0 aliphatic carbocycles. The predicted octanol–water partition coefficient (Wildman–Crippen LogP) is 9.75. The summed E-state index contributed by atoms with van der Waals surface area (Å²) in [6.45, 7) is 9.92. The van der Waals surface area contributed by atoms with Gasteiger partial charge in [-0.15, -0.1) is 0 Å². The summed E-state index contributed by atoms with van der Waals surface area (Å²) in [6, 6.07) is -0.268. The van der Waals surface area contributed by atoms with E-state index in [1.54, 1.807) is 0 Å². The molecule has 0 bridgehead atoms.